The van der Waals surface area contributed by atoms with E-state index in [0.717, 1.165) is 24.9 Å². The highest BCUT2D eigenvalue weighted by atomic mass is 19.1. The lowest BCUT2D eigenvalue weighted by Crippen LogP contribution is -2.39. The van der Waals surface area contributed by atoms with Gasteiger partial charge in [-0.15, -0.1) is 0 Å². The summed E-state index contributed by atoms with van der Waals surface area (Å²) in [5.41, 5.74) is 0.807. The summed E-state index contributed by atoms with van der Waals surface area (Å²) >= 11 is 0. The molecule has 1 saturated heterocycles. The van der Waals surface area contributed by atoms with Gasteiger partial charge in [-0.3, -0.25) is 9.69 Å². The van der Waals surface area contributed by atoms with Crippen molar-refractivity contribution in [3.63, 3.8) is 0 Å². The first-order valence-electron chi connectivity index (χ1n) is 7.35. The van der Waals surface area contributed by atoms with Gasteiger partial charge < -0.3 is 9.47 Å². The van der Waals surface area contributed by atoms with Crippen molar-refractivity contribution < 1.29 is 18.7 Å². The van der Waals surface area contributed by atoms with Gasteiger partial charge in [0.05, 0.1) is 19.6 Å². The molecule has 0 aromatic heterocycles. The molecule has 4 nitrogen and oxygen atoms in total. The van der Waals surface area contributed by atoms with E-state index in [1.54, 1.807) is 13.2 Å². The average molecular weight is 295 g/mol. The van der Waals surface area contributed by atoms with E-state index in [-0.39, 0.29) is 17.7 Å². The first-order chi connectivity index (χ1) is 10.1. The van der Waals surface area contributed by atoms with E-state index in [9.17, 15) is 9.18 Å². The number of ether oxygens (including phenoxy) is 2. The van der Waals surface area contributed by atoms with Crippen LogP contribution in [0.25, 0.3) is 0 Å². The molecule has 0 N–H and O–H groups in total. The van der Waals surface area contributed by atoms with E-state index in [0.29, 0.717) is 25.4 Å². The van der Waals surface area contributed by atoms with Crippen molar-refractivity contribution in [1.82, 2.24) is 4.90 Å². The van der Waals surface area contributed by atoms with Crippen LogP contribution in [0.5, 0.6) is 5.75 Å². The number of carbonyl (C=O) groups excluding carboxylic acids is 1. The molecule has 1 atom stereocenters. The zero-order valence-electron chi connectivity index (χ0n) is 12.6. The number of piperidine rings is 1. The predicted molar refractivity (Wildman–Crippen MR) is 77.6 cm³/mol. The first-order valence-corrected chi connectivity index (χ1v) is 7.35. The van der Waals surface area contributed by atoms with Gasteiger partial charge in [-0.1, -0.05) is 0 Å². The Balaban J connectivity index is 2.02. The van der Waals surface area contributed by atoms with Gasteiger partial charge >= 0.3 is 5.97 Å². The molecule has 0 aliphatic carbocycles. The van der Waals surface area contributed by atoms with Gasteiger partial charge in [0, 0.05) is 18.7 Å². The molecule has 5 heteroatoms. The molecule has 1 aromatic rings. The Hall–Kier alpha value is -1.62. The topological polar surface area (TPSA) is 38.8 Å². The highest BCUT2D eigenvalue weighted by Crippen LogP contribution is 2.24. The number of nitrogens with zero attached hydrogens (tertiary/aromatic N) is 1. The van der Waals surface area contributed by atoms with Crippen LogP contribution in [0.4, 0.5) is 4.39 Å². The fraction of sp³-hybridized carbons (Fsp3) is 0.562. The lowest BCUT2D eigenvalue weighted by atomic mass is 9.97. The monoisotopic (exact) mass is 295 g/mol. The Bertz CT molecular complexity index is 492. The Morgan fingerprint density at radius 3 is 3.00 bits per heavy atom. The number of halogens is 1. The van der Waals surface area contributed by atoms with Crippen molar-refractivity contribution in [2.24, 2.45) is 5.92 Å². The minimum atomic E-state index is -0.273. The average Bonchev–Trinajstić information content (AvgIpc) is 2.48. The Kier molecular flexibility index (Phi) is 5.56. The second-order valence-corrected chi connectivity index (χ2v) is 5.28. The van der Waals surface area contributed by atoms with Crippen molar-refractivity contribution in [3.05, 3.63) is 29.6 Å². The highest BCUT2D eigenvalue weighted by molar-refractivity contribution is 5.72. The summed E-state index contributed by atoms with van der Waals surface area (Å²) in [5, 5.41) is 0. The molecule has 1 heterocycles. The molecule has 0 amide bonds. The number of likely N-dealkylation sites (tertiary alicyclic amines) is 1. The van der Waals surface area contributed by atoms with Gasteiger partial charge in [0.1, 0.15) is 11.6 Å². The largest absolute Gasteiger partial charge is 0.496 e. The van der Waals surface area contributed by atoms with Gasteiger partial charge in [-0.25, -0.2) is 4.39 Å². The summed E-state index contributed by atoms with van der Waals surface area (Å²) < 4.78 is 23.8. The summed E-state index contributed by atoms with van der Waals surface area (Å²) in [5.74, 6) is 0.186. The van der Waals surface area contributed by atoms with Crippen molar-refractivity contribution in [3.8, 4) is 5.75 Å². The van der Waals surface area contributed by atoms with E-state index >= 15 is 0 Å². The molecule has 1 aromatic carbocycles. The van der Waals surface area contributed by atoms with Crippen LogP contribution >= 0.6 is 0 Å². The minimum absolute atomic E-state index is 0.0849. The number of carbonyl (C=O) groups is 1. The summed E-state index contributed by atoms with van der Waals surface area (Å²) in [4.78, 5) is 14.0. The normalized spacial score (nSPS) is 19.3. The zero-order valence-corrected chi connectivity index (χ0v) is 12.6. The van der Waals surface area contributed by atoms with Crippen LogP contribution in [0.3, 0.4) is 0 Å². The minimum Gasteiger partial charge on any atom is -0.496 e. The summed E-state index contributed by atoms with van der Waals surface area (Å²) in [6, 6.07) is 4.52. The van der Waals surface area contributed by atoms with Gasteiger partial charge in [-0.2, -0.15) is 0 Å². The van der Waals surface area contributed by atoms with Crippen molar-refractivity contribution >= 4 is 5.97 Å². The molecule has 0 spiro atoms. The second-order valence-electron chi connectivity index (χ2n) is 5.28. The highest BCUT2D eigenvalue weighted by Gasteiger charge is 2.27. The van der Waals surface area contributed by atoms with Crippen molar-refractivity contribution in [2.45, 2.75) is 26.3 Å². The first kappa shape index (κ1) is 15.8. The van der Waals surface area contributed by atoms with Crippen LogP contribution in [0.1, 0.15) is 25.3 Å². The quantitative estimate of drug-likeness (QED) is 0.783. The Labute approximate surface area is 124 Å². The van der Waals surface area contributed by atoms with Gasteiger partial charge in [-0.05, 0) is 44.5 Å². The van der Waals surface area contributed by atoms with E-state index < -0.39 is 0 Å². The van der Waals surface area contributed by atoms with E-state index in [1.165, 1.54) is 12.1 Å². The molecule has 116 valence electrons. The molecule has 0 saturated carbocycles. The van der Waals surface area contributed by atoms with Gasteiger partial charge in [0.2, 0.25) is 0 Å². The maximum Gasteiger partial charge on any atom is 0.310 e. The number of esters is 1. The standard InChI is InChI=1S/C16H22FNO3/c1-3-21-16(19)12-5-4-8-18(10-12)11-13-9-14(17)6-7-15(13)20-2/h6-7,9,12H,3-5,8,10-11H2,1-2H3/t12-/m0/s1. The number of methoxy groups -OCH3 is 1. The third-order valence-corrected chi connectivity index (χ3v) is 3.76. The predicted octanol–water partition coefficient (Wildman–Crippen LogP) is 2.61. The fourth-order valence-electron chi connectivity index (χ4n) is 2.76. The second kappa shape index (κ2) is 7.41. The van der Waals surface area contributed by atoms with E-state index in [4.69, 9.17) is 9.47 Å². The van der Waals surface area contributed by atoms with Gasteiger partial charge in [0.25, 0.3) is 0 Å². The smallest absolute Gasteiger partial charge is 0.310 e. The number of benzene rings is 1. The summed E-state index contributed by atoms with van der Waals surface area (Å²) in [7, 11) is 1.58. The zero-order chi connectivity index (χ0) is 15.2. The SMILES string of the molecule is CCOC(=O)[C@H]1CCCN(Cc2cc(F)ccc2OC)C1. The molecular formula is C16H22FNO3. The maximum atomic E-state index is 13.4. The van der Waals surface area contributed by atoms with Crippen LogP contribution in [0.2, 0.25) is 0 Å². The number of hydrogen-bond donors (Lipinski definition) is 0. The number of rotatable bonds is 5. The van der Waals surface area contributed by atoms with E-state index in [1.807, 2.05) is 6.92 Å². The number of hydrogen-bond acceptors (Lipinski definition) is 4. The third kappa shape index (κ3) is 4.17. The molecule has 21 heavy (non-hydrogen) atoms. The molecule has 1 fully saturated rings. The van der Waals surface area contributed by atoms with Crippen LogP contribution in [-0.2, 0) is 16.1 Å². The molecule has 0 unspecified atom stereocenters. The van der Waals surface area contributed by atoms with Crippen LogP contribution in [0, 0.1) is 11.7 Å². The summed E-state index contributed by atoms with van der Waals surface area (Å²) in [6.07, 6.45) is 1.80. The third-order valence-electron chi connectivity index (χ3n) is 3.76. The van der Waals surface area contributed by atoms with Crippen molar-refractivity contribution in [2.75, 3.05) is 26.8 Å². The van der Waals surface area contributed by atoms with Crippen LogP contribution in [-0.4, -0.2) is 37.7 Å². The Morgan fingerprint density at radius 2 is 2.29 bits per heavy atom. The molecule has 0 radical (unpaired) electrons. The lowest BCUT2D eigenvalue weighted by Gasteiger charge is -2.31. The lowest BCUT2D eigenvalue weighted by molar-refractivity contribution is -0.150. The molecule has 1 aliphatic heterocycles. The van der Waals surface area contributed by atoms with E-state index in [2.05, 4.69) is 4.90 Å². The van der Waals surface area contributed by atoms with Crippen molar-refractivity contribution in [1.29, 1.82) is 0 Å². The molecule has 0 bridgehead atoms. The molecule has 1 aliphatic rings. The maximum absolute atomic E-state index is 13.4. The van der Waals surface area contributed by atoms with Crippen LogP contribution in [0.15, 0.2) is 18.2 Å². The molecular weight excluding hydrogens is 273 g/mol. The molecule has 2 rings (SSSR count). The summed E-state index contributed by atoms with van der Waals surface area (Å²) in [6.45, 7) is 4.36. The van der Waals surface area contributed by atoms with Gasteiger partial charge in [0.15, 0.2) is 0 Å². The fourth-order valence-corrected chi connectivity index (χ4v) is 2.76. The Morgan fingerprint density at radius 1 is 1.48 bits per heavy atom. The van der Waals surface area contributed by atoms with Crippen LogP contribution < -0.4 is 4.74 Å².